The number of carbonyl (C=O) groups is 1. The Morgan fingerprint density at radius 1 is 1.25 bits per heavy atom. The molecule has 1 rings (SSSR count). The van der Waals surface area contributed by atoms with Gasteiger partial charge in [0.25, 0.3) is 0 Å². The lowest BCUT2D eigenvalue weighted by Gasteiger charge is -2.29. The molecule has 16 heavy (non-hydrogen) atoms. The maximum absolute atomic E-state index is 11.1. The number of aryl methyl sites for hydroxylation is 1. The predicted molar refractivity (Wildman–Crippen MR) is 62.5 cm³/mol. The van der Waals surface area contributed by atoms with Crippen LogP contribution in [0, 0.1) is 6.92 Å². The second-order valence-corrected chi connectivity index (χ2v) is 4.88. The van der Waals surface area contributed by atoms with Crippen molar-refractivity contribution in [2.45, 2.75) is 20.4 Å². The first-order valence-electron chi connectivity index (χ1n) is 5.27. The lowest BCUT2D eigenvalue weighted by atomic mass is 10.1. The van der Waals surface area contributed by atoms with Crippen molar-refractivity contribution in [1.82, 2.24) is 0 Å². The fourth-order valence-corrected chi connectivity index (χ4v) is 1.91. The molecule has 0 saturated heterocycles. The van der Waals surface area contributed by atoms with Crippen molar-refractivity contribution in [2.24, 2.45) is 0 Å². The zero-order valence-corrected chi connectivity index (χ0v) is 12.0. The molecule has 0 saturated carbocycles. The standard InChI is InChI=1S/C13H20NO.BrH/c1-11-7-5-6-8-13(11)10-14(3,4)9-12(2)15;/h5-8H,9-10H2,1-4H3;1H/q+1;/p-1. The van der Waals surface area contributed by atoms with Crippen molar-refractivity contribution in [3.05, 3.63) is 35.4 Å². The van der Waals surface area contributed by atoms with Crippen LogP contribution in [0.25, 0.3) is 0 Å². The van der Waals surface area contributed by atoms with Gasteiger partial charge in [-0.15, -0.1) is 0 Å². The van der Waals surface area contributed by atoms with Crippen molar-refractivity contribution in [2.75, 3.05) is 20.6 Å². The normalized spacial score (nSPS) is 10.8. The summed E-state index contributed by atoms with van der Waals surface area (Å²) in [6.07, 6.45) is 0. The number of carbonyl (C=O) groups excluding carboxylic acids is 1. The van der Waals surface area contributed by atoms with E-state index in [9.17, 15) is 4.79 Å². The van der Waals surface area contributed by atoms with Crippen LogP contribution in [0.4, 0.5) is 0 Å². The SMILES string of the molecule is CC(=O)C[N+](C)(C)Cc1ccccc1C.[Br-]. The Kier molecular flexibility index (Phi) is 5.90. The molecule has 0 aliphatic carbocycles. The number of benzene rings is 1. The molecule has 0 atom stereocenters. The maximum atomic E-state index is 11.1. The summed E-state index contributed by atoms with van der Waals surface area (Å²) in [7, 11) is 4.18. The number of hydrogen-bond donors (Lipinski definition) is 0. The molecule has 3 heteroatoms. The van der Waals surface area contributed by atoms with Gasteiger partial charge in [0.1, 0.15) is 13.1 Å². The highest BCUT2D eigenvalue weighted by Gasteiger charge is 2.18. The summed E-state index contributed by atoms with van der Waals surface area (Å²) in [4.78, 5) is 11.1. The van der Waals surface area contributed by atoms with Gasteiger partial charge in [-0.2, -0.15) is 0 Å². The first-order chi connectivity index (χ1) is 6.91. The summed E-state index contributed by atoms with van der Waals surface area (Å²) in [6.45, 7) is 5.27. The summed E-state index contributed by atoms with van der Waals surface area (Å²) in [6, 6.07) is 8.35. The van der Waals surface area contributed by atoms with Gasteiger partial charge in [-0.05, 0) is 12.5 Å². The Morgan fingerprint density at radius 3 is 2.31 bits per heavy atom. The number of nitrogens with zero attached hydrogens (tertiary/aromatic N) is 1. The molecule has 1 aromatic rings. The lowest BCUT2D eigenvalue weighted by molar-refractivity contribution is -0.895. The van der Waals surface area contributed by atoms with E-state index in [-0.39, 0.29) is 22.8 Å². The molecule has 0 aromatic heterocycles. The van der Waals surface area contributed by atoms with E-state index in [4.69, 9.17) is 0 Å². The highest BCUT2D eigenvalue weighted by molar-refractivity contribution is 5.76. The highest BCUT2D eigenvalue weighted by Crippen LogP contribution is 2.13. The Labute approximate surface area is 109 Å². The minimum absolute atomic E-state index is 0. The minimum Gasteiger partial charge on any atom is -1.00 e. The molecule has 0 aliphatic rings. The molecular weight excluding hydrogens is 266 g/mol. The summed E-state index contributed by atoms with van der Waals surface area (Å²) >= 11 is 0. The zero-order chi connectivity index (χ0) is 11.5. The smallest absolute Gasteiger partial charge is 0.183 e. The summed E-state index contributed by atoms with van der Waals surface area (Å²) in [5.41, 5.74) is 2.62. The fraction of sp³-hybridized carbons (Fsp3) is 0.462. The molecule has 0 spiro atoms. The molecule has 0 aliphatic heterocycles. The molecule has 90 valence electrons. The highest BCUT2D eigenvalue weighted by atomic mass is 79.9. The topological polar surface area (TPSA) is 17.1 Å². The van der Waals surface area contributed by atoms with E-state index in [0.29, 0.717) is 6.54 Å². The number of halogens is 1. The first-order valence-corrected chi connectivity index (χ1v) is 5.27. The fourth-order valence-electron chi connectivity index (χ4n) is 1.91. The van der Waals surface area contributed by atoms with Crippen molar-refractivity contribution in [1.29, 1.82) is 0 Å². The molecule has 0 N–H and O–H groups in total. The van der Waals surface area contributed by atoms with Gasteiger partial charge >= 0.3 is 0 Å². The van der Waals surface area contributed by atoms with Crippen LogP contribution in [-0.2, 0) is 11.3 Å². The van der Waals surface area contributed by atoms with Gasteiger partial charge in [0.15, 0.2) is 5.78 Å². The first kappa shape index (κ1) is 15.3. The van der Waals surface area contributed by atoms with Gasteiger partial charge in [0.05, 0.1) is 14.1 Å². The van der Waals surface area contributed by atoms with E-state index < -0.39 is 0 Å². The molecular formula is C13H20BrNO. The van der Waals surface area contributed by atoms with Crippen LogP contribution in [0.3, 0.4) is 0 Å². The number of ketones is 1. The van der Waals surface area contributed by atoms with Crippen molar-refractivity contribution in [3.63, 3.8) is 0 Å². The van der Waals surface area contributed by atoms with E-state index in [1.54, 1.807) is 6.92 Å². The molecule has 2 nitrogen and oxygen atoms in total. The Hall–Kier alpha value is -0.670. The number of rotatable bonds is 4. The summed E-state index contributed by atoms with van der Waals surface area (Å²) in [5.74, 6) is 0.244. The van der Waals surface area contributed by atoms with Crippen LogP contribution in [0.1, 0.15) is 18.1 Å². The van der Waals surface area contributed by atoms with E-state index in [1.165, 1.54) is 11.1 Å². The van der Waals surface area contributed by atoms with E-state index in [1.807, 2.05) is 6.07 Å². The van der Waals surface area contributed by atoms with Gasteiger partial charge in [0, 0.05) is 12.5 Å². The minimum atomic E-state index is 0. The number of likely N-dealkylation sites (N-methyl/N-ethyl adjacent to an activating group) is 1. The van der Waals surface area contributed by atoms with Crippen LogP contribution in [-0.4, -0.2) is 30.9 Å². The van der Waals surface area contributed by atoms with Gasteiger partial charge < -0.3 is 21.5 Å². The second-order valence-electron chi connectivity index (χ2n) is 4.88. The van der Waals surface area contributed by atoms with Crippen LogP contribution < -0.4 is 17.0 Å². The van der Waals surface area contributed by atoms with Crippen LogP contribution in [0.5, 0.6) is 0 Å². The Balaban J connectivity index is 0.00000225. The maximum Gasteiger partial charge on any atom is 0.183 e. The van der Waals surface area contributed by atoms with E-state index >= 15 is 0 Å². The second kappa shape index (κ2) is 6.16. The number of Topliss-reactive ketones (excluding diaryl/α,β-unsaturated/α-hetero) is 1. The molecule has 0 radical (unpaired) electrons. The predicted octanol–water partition coefficient (Wildman–Crippen LogP) is -0.836. The van der Waals surface area contributed by atoms with Gasteiger partial charge in [0.2, 0.25) is 0 Å². The van der Waals surface area contributed by atoms with Crippen molar-refractivity contribution >= 4 is 5.78 Å². The van der Waals surface area contributed by atoms with E-state index in [0.717, 1.165) is 11.0 Å². The van der Waals surface area contributed by atoms with Crippen LogP contribution in [0.2, 0.25) is 0 Å². The zero-order valence-electron chi connectivity index (χ0n) is 10.5. The quantitative estimate of drug-likeness (QED) is 0.660. The average Bonchev–Trinajstić information content (AvgIpc) is 2.06. The van der Waals surface area contributed by atoms with E-state index in [2.05, 4.69) is 39.2 Å². The van der Waals surface area contributed by atoms with Crippen molar-refractivity contribution in [3.8, 4) is 0 Å². The molecule has 0 heterocycles. The average molecular weight is 286 g/mol. The Morgan fingerprint density at radius 2 is 1.81 bits per heavy atom. The third-order valence-electron chi connectivity index (χ3n) is 2.51. The molecule has 0 bridgehead atoms. The van der Waals surface area contributed by atoms with Gasteiger partial charge in [-0.3, -0.25) is 4.79 Å². The van der Waals surface area contributed by atoms with Crippen LogP contribution >= 0.6 is 0 Å². The summed E-state index contributed by atoms with van der Waals surface area (Å²) in [5, 5.41) is 0. The molecule has 0 amide bonds. The monoisotopic (exact) mass is 285 g/mol. The molecule has 0 fully saturated rings. The van der Waals surface area contributed by atoms with Crippen molar-refractivity contribution < 1.29 is 26.3 Å². The number of hydrogen-bond acceptors (Lipinski definition) is 1. The lowest BCUT2D eigenvalue weighted by Crippen LogP contribution is -3.00. The number of quaternary nitrogens is 1. The third kappa shape index (κ3) is 4.90. The molecule has 0 unspecified atom stereocenters. The van der Waals surface area contributed by atoms with Gasteiger partial charge in [-0.25, -0.2) is 0 Å². The molecule has 1 aromatic carbocycles. The van der Waals surface area contributed by atoms with Gasteiger partial charge in [-0.1, -0.05) is 24.3 Å². The summed E-state index contributed by atoms with van der Waals surface area (Å²) < 4.78 is 0.722. The van der Waals surface area contributed by atoms with Crippen LogP contribution in [0.15, 0.2) is 24.3 Å². The Bertz CT molecular complexity index is 361. The largest absolute Gasteiger partial charge is 1.00 e. The third-order valence-corrected chi connectivity index (χ3v) is 2.51.